The highest BCUT2D eigenvalue weighted by Gasteiger charge is 2.37. The maximum Gasteiger partial charge on any atom is 0.300 e. The lowest BCUT2D eigenvalue weighted by atomic mass is 10.0. The minimum Gasteiger partial charge on any atom is -0.481 e. The summed E-state index contributed by atoms with van der Waals surface area (Å²) >= 11 is 7.14. The van der Waals surface area contributed by atoms with E-state index in [2.05, 4.69) is 0 Å². The number of carbonyl (C=O) groups is 2. The summed E-state index contributed by atoms with van der Waals surface area (Å²) in [5.41, 5.74) is 2.60. The number of para-hydroxylation sites is 1. The van der Waals surface area contributed by atoms with Crippen LogP contribution >= 0.6 is 23.5 Å². The number of aliphatic carboxylic acids is 1. The topological polar surface area (TPSA) is 90.3 Å². The zero-order valence-electron chi connectivity index (χ0n) is 23.2. The van der Waals surface area contributed by atoms with E-state index in [0.717, 1.165) is 35.9 Å². The van der Waals surface area contributed by atoms with Gasteiger partial charge in [0.15, 0.2) is 0 Å². The lowest BCUT2D eigenvalue weighted by molar-refractivity contribution is -0.153. The fourth-order valence-electron chi connectivity index (χ4n) is 4.14. The highest BCUT2D eigenvalue weighted by atomic mass is 35.5. The van der Waals surface area contributed by atoms with Gasteiger partial charge in [0, 0.05) is 17.2 Å². The van der Waals surface area contributed by atoms with Crippen molar-refractivity contribution in [1.82, 2.24) is 4.90 Å². The molecule has 1 aliphatic carbocycles. The Labute approximate surface area is 250 Å². The third kappa shape index (κ3) is 10.7. The standard InChI is InChI=1S/C23H27FN2O3S.C6H5Cl.C2H4O2/c1-16-6-8-17(9-7-16)22-14-29-15-23(28)26(22)18(13-27)12-25(30-19-10-11-19)21-5-3-2-4-20(21)24;7-6-4-2-1-3-5-6;1-2(3)4/h2-9,18-19,22,27H,10-15H2,1H3;1-5H;1H3,(H,3,4). The van der Waals surface area contributed by atoms with Gasteiger partial charge in [-0.25, -0.2) is 4.39 Å². The second-order valence-electron chi connectivity index (χ2n) is 9.71. The summed E-state index contributed by atoms with van der Waals surface area (Å²) in [5.74, 6) is -1.29. The lowest BCUT2D eigenvalue weighted by Gasteiger charge is -2.42. The molecule has 1 heterocycles. The number of aliphatic hydroxyl groups is 1. The van der Waals surface area contributed by atoms with Gasteiger partial charge >= 0.3 is 0 Å². The van der Waals surface area contributed by atoms with Crippen LogP contribution in [0.2, 0.25) is 5.02 Å². The molecule has 41 heavy (non-hydrogen) atoms. The number of hydrogen-bond donors (Lipinski definition) is 2. The van der Waals surface area contributed by atoms with Crippen molar-refractivity contribution in [2.24, 2.45) is 0 Å². The number of carboxylic acids is 1. The first-order valence-corrected chi connectivity index (χ1v) is 14.6. The number of amides is 1. The van der Waals surface area contributed by atoms with Gasteiger partial charge < -0.3 is 24.2 Å². The van der Waals surface area contributed by atoms with Gasteiger partial charge in [0.1, 0.15) is 12.4 Å². The summed E-state index contributed by atoms with van der Waals surface area (Å²) < 4.78 is 22.0. The van der Waals surface area contributed by atoms with Crippen molar-refractivity contribution in [3.8, 4) is 0 Å². The van der Waals surface area contributed by atoms with Crippen LogP contribution in [0.15, 0.2) is 78.9 Å². The molecule has 1 saturated heterocycles. The summed E-state index contributed by atoms with van der Waals surface area (Å²) in [6.45, 7) is 3.61. The van der Waals surface area contributed by atoms with Crippen LogP contribution in [0.1, 0.15) is 36.9 Å². The van der Waals surface area contributed by atoms with Crippen LogP contribution in [0.4, 0.5) is 10.1 Å². The van der Waals surface area contributed by atoms with Crippen molar-refractivity contribution < 1.29 is 28.9 Å². The van der Waals surface area contributed by atoms with Crippen LogP contribution < -0.4 is 4.31 Å². The first-order chi connectivity index (χ1) is 19.7. The molecule has 5 rings (SSSR count). The van der Waals surface area contributed by atoms with E-state index in [4.69, 9.17) is 26.2 Å². The second kappa shape index (κ2) is 16.4. The van der Waals surface area contributed by atoms with E-state index in [-0.39, 0.29) is 31.0 Å². The second-order valence-corrected chi connectivity index (χ2v) is 11.5. The Morgan fingerprint density at radius 2 is 1.71 bits per heavy atom. The number of anilines is 1. The molecule has 10 heteroatoms. The number of morpholine rings is 1. The Balaban J connectivity index is 0.000000353. The van der Waals surface area contributed by atoms with E-state index in [9.17, 15) is 14.3 Å². The highest BCUT2D eigenvalue weighted by molar-refractivity contribution is 8.01. The van der Waals surface area contributed by atoms with E-state index in [0.29, 0.717) is 24.1 Å². The summed E-state index contributed by atoms with van der Waals surface area (Å²) in [6.07, 6.45) is 2.20. The Morgan fingerprint density at radius 3 is 2.24 bits per heavy atom. The molecule has 7 nitrogen and oxygen atoms in total. The van der Waals surface area contributed by atoms with E-state index in [1.54, 1.807) is 29.0 Å². The summed E-state index contributed by atoms with van der Waals surface area (Å²) in [6, 6.07) is 23.4. The van der Waals surface area contributed by atoms with Gasteiger partial charge in [-0.3, -0.25) is 9.59 Å². The lowest BCUT2D eigenvalue weighted by Crippen LogP contribution is -2.54. The van der Waals surface area contributed by atoms with Gasteiger partial charge in [-0.2, -0.15) is 0 Å². The fourth-order valence-corrected chi connectivity index (χ4v) is 5.51. The largest absolute Gasteiger partial charge is 0.481 e. The molecule has 0 bridgehead atoms. The zero-order valence-corrected chi connectivity index (χ0v) is 24.7. The molecular formula is C31H36ClFN2O5S. The minimum absolute atomic E-state index is 0.00563. The van der Waals surface area contributed by atoms with E-state index in [1.807, 2.05) is 71.9 Å². The van der Waals surface area contributed by atoms with Crippen LogP contribution in [0, 0.1) is 12.7 Å². The van der Waals surface area contributed by atoms with Crippen molar-refractivity contribution >= 4 is 41.1 Å². The van der Waals surface area contributed by atoms with Crippen molar-refractivity contribution in [1.29, 1.82) is 0 Å². The molecule has 3 aromatic rings. The van der Waals surface area contributed by atoms with Gasteiger partial charge in [-0.05, 0) is 61.5 Å². The average molecular weight is 603 g/mol. The summed E-state index contributed by atoms with van der Waals surface area (Å²) in [5, 5.41) is 18.9. The molecule has 1 aliphatic heterocycles. The first-order valence-electron chi connectivity index (χ1n) is 13.3. The number of benzene rings is 3. The third-order valence-corrected chi connectivity index (χ3v) is 7.84. The highest BCUT2D eigenvalue weighted by Crippen LogP contribution is 2.40. The molecule has 0 radical (unpaired) electrons. The number of ether oxygens (including phenoxy) is 1. The molecule has 0 spiro atoms. The number of carboxylic acid groups (broad SMARTS) is 1. The van der Waals surface area contributed by atoms with Crippen LogP contribution in [0.25, 0.3) is 0 Å². The molecule has 1 saturated carbocycles. The van der Waals surface area contributed by atoms with Crippen molar-refractivity contribution in [2.75, 3.05) is 30.7 Å². The van der Waals surface area contributed by atoms with Gasteiger partial charge in [-0.15, -0.1) is 0 Å². The van der Waals surface area contributed by atoms with Crippen molar-refractivity contribution in [3.63, 3.8) is 0 Å². The predicted molar refractivity (Wildman–Crippen MR) is 162 cm³/mol. The molecule has 2 fully saturated rings. The molecule has 1 amide bonds. The number of nitrogens with zero attached hydrogens (tertiary/aromatic N) is 2. The number of halogens is 2. The van der Waals surface area contributed by atoms with Gasteiger partial charge in [-0.1, -0.05) is 71.8 Å². The Bertz CT molecular complexity index is 1240. The van der Waals surface area contributed by atoms with Gasteiger partial charge in [0.05, 0.1) is 37.5 Å². The SMILES string of the molecule is CC(=O)O.Cc1ccc(C2COCC(=O)N2C(CO)CN(SC2CC2)c2ccccc2F)cc1.Clc1ccccc1. The maximum atomic E-state index is 14.5. The number of rotatable bonds is 8. The van der Waals surface area contributed by atoms with Gasteiger partial charge in [0.2, 0.25) is 5.91 Å². The number of aryl methyl sites for hydroxylation is 1. The normalized spacial score (nSPS) is 17.0. The molecule has 2 unspecified atom stereocenters. The Morgan fingerprint density at radius 1 is 1.10 bits per heavy atom. The zero-order chi connectivity index (χ0) is 29.8. The maximum absolute atomic E-state index is 14.5. The van der Waals surface area contributed by atoms with E-state index >= 15 is 0 Å². The van der Waals surface area contributed by atoms with E-state index in [1.165, 1.54) is 6.07 Å². The molecule has 0 aromatic heterocycles. The average Bonchev–Trinajstić information content (AvgIpc) is 3.77. The Hall–Kier alpha value is -3.11. The first kappa shape index (κ1) is 32.4. The summed E-state index contributed by atoms with van der Waals surface area (Å²) in [7, 11) is 0. The molecule has 220 valence electrons. The monoisotopic (exact) mass is 602 g/mol. The minimum atomic E-state index is -0.833. The smallest absolute Gasteiger partial charge is 0.300 e. The predicted octanol–water partition coefficient (Wildman–Crippen LogP) is 6.14. The van der Waals surface area contributed by atoms with E-state index < -0.39 is 12.0 Å². The fraction of sp³-hybridized carbons (Fsp3) is 0.355. The molecule has 3 aromatic carbocycles. The molecule has 2 N–H and O–H groups in total. The molecule has 2 aliphatic rings. The molecular weight excluding hydrogens is 567 g/mol. The van der Waals surface area contributed by atoms with Crippen LogP contribution in [0.3, 0.4) is 0 Å². The van der Waals surface area contributed by atoms with Crippen LogP contribution in [0.5, 0.6) is 0 Å². The number of carbonyl (C=O) groups excluding carboxylic acids is 1. The number of aliphatic hydroxyl groups excluding tert-OH is 1. The quantitative estimate of drug-likeness (QED) is 0.299. The number of hydrogen-bond acceptors (Lipinski definition) is 6. The molecule has 2 atom stereocenters. The van der Waals surface area contributed by atoms with Gasteiger partial charge in [0.25, 0.3) is 5.97 Å². The van der Waals surface area contributed by atoms with Crippen LogP contribution in [-0.2, 0) is 14.3 Å². The van der Waals surface area contributed by atoms with Crippen LogP contribution in [-0.4, -0.2) is 64.6 Å². The Kier molecular flexibility index (Phi) is 12.9. The van der Waals surface area contributed by atoms with Crippen molar-refractivity contribution in [3.05, 3.63) is 101 Å². The third-order valence-electron chi connectivity index (χ3n) is 6.22. The summed E-state index contributed by atoms with van der Waals surface area (Å²) in [4.78, 5) is 23.6. The van der Waals surface area contributed by atoms with Crippen molar-refractivity contribution in [2.45, 2.75) is 44.0 Å².